The zero-order chi connectivity index (χ0) is 12.9. The van der Waals surface area contributed by atoms with Crippen LogP contribution >= 0.6 is 0 Å². The van der Waals surface area contributed by atoms with E-state index < -0.39 is 0 Å². The number of rotatable bonds is 6. The molecule has 0 aromatic rings. The molecule has 1 atom stereocenters. The summed E-state index contributed by atoms with van der Waals surface area (Å²) in [5.41, 5.74) is 0.0913. The predicted molar refractivity (Wildman–Crippen MR) is 68.8 cm³/mol. The van der Waals surface area contributed by atoms with Gasteiger partial charge in [-0.05, 0) is 38.1 Å². The number of aliphatic hydroxyl groups excluding tert-OH is 1. The fraction of sp³-hybridized carbons (Fsp3) is 0.923. The number of likely N-dealkylation sites (tertiary alicyclic amines) is 1. The van der Waals surface area contributed by atoms with Crippen LogP contribution in [0.15, 0.2) is 0 Å². The Labute approximate surface area is 104 Å². The molecule has 1 amide bonds. The van der Waals surface area contributed by atoms with E-state index in [0.717, 1.165) is 38.8 Å². The highest BCUT2D eigenvalue weighted by atomic mass is 16.2. The van der Waals surface area contributed by atoms with E-state index >= 15 is 0 Å². The van der Waals surface area contributed by atoms with Crippen LogP contribution in [0, 0.1) is 5.41 Å². The Bertz CT molecular complexity index is 254. The molecule has 0 spiro atoms. The van der Waals surface area contributed by atoms with Crippen LogP contribution in [0.25, 0.3) is 0 Å². The fourth-order valence-corrected chi connectivity index (χ4v) is 2.52. The van der Waals surface area contributed by atoms with Crippen molar-refractivity contribution in [3.63, 3.8) is 0 Å². The number of aliphatic hydroxyl groups is 1. The molecule has 100 valence electrons. The third-order valence-electron chi connectivity index (χ3n) is 3.51. The minimum absolute atomic E-state index is 0.00241. The Morgan fingerprint density at radius 3 is 2.82 bits per heavy atom. The molecule has 0 aromatic heterocycles. The van der Waals surface area contributed by atoms with Gasteiger partial charge in [0.25, 0.3) is 0 Å². The molecule has 1 heterocycles. The standard InChI is InChI=1S/C13H26N2O2/c1-13(2,7-5-9-16)10-15-8-4-6-11(14-3)12(15)17/h11,14,16H,4-10H2,1-3H3. The topological polar surface area (TPSA) is 52.6 Å². The first-order valence-corrected chi connectivity index (χ1v) is 6.57. The van der Waals surface area contributed by atoms with Gasteiger partial charge in [0.15, 0.2) is 0 Å². The summed E-state index contributed by atoms with van der Waals surface area (Å²) in [4.78, 5) is 14.1. The van der Waals surface area contributed by atoms with Gasteiger partial charge in [0.2, 0.25) is 5.91 Å². The molecule has 1 aliphatic rings. The molecule has 4 nitrogen and oxygen atoms in total. The Kier molecular flexibility index (Phi) is 5.40. The van der Waals surface area contributed by atoms with Crippen LogP contribution in [0.4, 0.5) is 0 Å². The van der Waals surface area contributed by atoms with E-state index in [1.165, 1.54) is 0 Å². The van der Waals surface area contributed by atoms with Gasteiger partial charge in [-0.1, -0.05) is 13.8 Å². The fourth-order valence-electron chi connectivity index (χ4n) is 2.52. The van der Waals surface area contributed by atoms with E-state index in [4.69, 9.17) is 5.11 Å². The van der Waals surface area contributed by atoms with Crippen molar-refractivity contribution >= 4 is 5.91 Å². The SMILES string of the molecule is CNC1CCCN(CC(C)(C)CCCO)C1=O. The number of carbonyl (C=O) groups is 1. The first-order chi connectivity index (χ1) is 8.00. The lowest BCUT2D eigenvalue weighted by Gasteiger charge is -2.37. The summed E-state index contributed by atoms with van der Waals surface area (Å²) in [5.74, 6) is 0.232. The molecule has 0 saturated carbocycles. The first-order valence-electron chi connectivity index (χ1n) is 6.57. The van der Waals surface area contributed by atoms with Crippen molar-refractivity contribution in [1.82, 2.24) is 10.2 Å². The molecule has 0 aliphatic carbocycles. The van der Waals surface area contributed by atoms with Crippen LogP contribution in [-0.4, -0.2) is 48.7 Å². The average molecular weight is 242 g/mol. The van der Waals surface area contributed by atoms with E-state index in [9.17, 15) is 4.79 Å². The summed E-state index contributed by atoms with van der Waals surface area (Å²) in [6.07, 6.45) is 3.79. The number of nitrogens with one attached hydrogen (secondary N) is 1. The van der Waals surface area contributed by atoms with Crippen molar-refractivity contribution in [2.24, 2.45) is 5.41 Å². The largest absolute Gasteiger partial charge is 0.396 e. The van der Waals surface area contributed by atoms with Crippen molar-refractivity contribution in [1.29, 1.82) is 0 Å². The molecule has 0 radical (unpaired) electrons. The number of nitrogens with zero attached hydrogens (tertiary/aromatic N) is 1. The number of likely N-dealkylation sites (N-methyl/N-ethyl adjacent to an activating group) is 1. The van der Waals surface area contributed by atoms with Gasteiger partial charge in [-0.3, -0.25) is 4.79 Å². The van der Waals surface area contributed by atoms with Gasteiger partial charge in [0, 0.05) is 19.7 Å². The van der Waals surface area contributed by atoms with Crippen LogP contribution in [0.1, 0.15) is 39.5 Å². The predicted octanol–water partition coefficient (Wildman–Crippen LogP) is 0.995. The smallest absolute Gasteiger partial charge is 0.239 e. The zero-order valence-electron chi connectivity index (χ0n) is 11.3. The van der Waals surface area contributed by atoms with Crippen molar-refractivity contribution in [2.75, 3.05) is 26.7 Å². The Hall–Kier alpha value is -0.610. The Morgan fingerprint density at radius 1 is 1.53 bits per heavy atom. The highest BCUT2D eigenvalue weighted by Crippen LogP contribution is 2.25. The summed E-state index contributed by atoms with van der Waals surface area (Å²) in [7, 11) is 1.85. The monoisotopic (exact) mass is 242 g/mol. The van der Waals surface area contributed by atoms with E-state index in [1.807, 2.05) is 11.9 Å². The van der Waals surface area contributed by atoms with Crippen LogP contribution in [0.5, 0.6) is 0 Å². The summed E-state index contributed by atoms with van der Waals surface area (Å²) in [6, 6.07) is -0.00241. The summed E-state index contributed by atoms with van der Waals surface area (Å²) in [5, 5.41) is 12.0. The molecule has 1 saturated heterocycles. The average Bonchev–Trinajstić information content (AvgIpc) is 2.29. The first kappa shape index (κ1) is 14.5. The molecule has 2 N–H and O–H groups in total. The highest BCUT2D eigenvalue weighted by molar-refractivity contribution is 5.82. The van der Waals surface area contributed by atoms with Crippen LogP contribution in [-0.2, 0) is 4.79 Å². The maximum Gasteiger partial charge on any atom is 0.239 e. The van der Waals surface area contributed by atoms with Crippen LogP contribution < -0.4 is 5.32 Å². The van der Waals surface area contributed by atoms with Gasteiger partial charge < -0.3 is 15.3 Å². The maximum atomic E-state index is 12.1. The molecular weight excluding hydrogens is 216 g/mol. The van der Waals surface area contributed by atoms with E-state index in [1.54, 1.807) is 0 Å². The third-order valence-corrected chi connectivity index (χ3v) is 3.51. The number of hydrogen-bond donors (Lipinski definition) is 2. The zero-order valence-corrected chi connectivity index (χ0v) is 11.3. The van der Waals surface area contributed by atoms with E-state index in [2.05, 4.69) is 19.2 Å². The van der Waals surface area contributed by atoms with E-state index in [-0.39, 0.29) is 24.0 Å². The van der Waals surface area contributed by atoms with Gasteiger partial charge >= 0.3 is 0 Å². The van der Waals surface area contributed by atoms with Gasteiger partial charge in [0.1, 0.15) is 0 Å². The molecule has 0 bridgehead atoms. The molecule has 1 rings (SSSR count). The van der Waals surface area contributed by atoms with Crippen LogP contribution in [0.2, 0.25) is 0 Å². The second-order valence-electron chi connectivity index (χ2n) is 5.73. The molecule has 0 aromatic carbocycles. The van der Waals surface area contributed by atoms with E-state index in [0.29, 0.717) is 0 Å². The van der Waals surface area contributed by atoms with Crippen LogP contribution in [0.3, 0.4) is 0 Å². The number of hydrogen-bond acceptors (Lipinski definition) is 3. The Balaban J connectivity index is 2.51. The summed E-state index contributed by atoms with van der Waals surface area (Å²) < 4.78 is 0. The number of piperidine rings is 1. The number of carbonyl (C=O) groups excluding carboxylic acids is 1. The lowest BCUT2D eigenvalue weighted by Crippen LogP contribution is -2.52. The van der Waals surface area contributed by atoms with Crippen molar-refractivity contribution in [3.05, 3.63) is 0 Å². The molecule has 1 unspecified atom stereocenters. The molecule has 17 heavy (non-hydrogen) atoms. The second-order valence-corrected chi connectivity index (χ2v) is 5.73. The Morgan fingerprint density at radius 2 is 2.24 bits per heavy atom. The summed E-state index contributed by atoms with van der Waals surface area (Å²) >= 11 is 0. The quantitative estimate of drug-likeness (QED) is 0.730. The van der Waals surface area contributed by atoms with Gasteiger partial charge in [0.05, 0.1) is 6.04 Å². The van der Waals surface area contributed by atoms with Gasteiger partial charge in [-0.25, -0.2) is 0 Å². The molecule has 4 heteroatoms. The summed E-state index contributed by atoms with van der Waals surface area (Å²) in [6.45, 7) is 6.23. The van der Waals surface area contributed by atoms with Gasteiger partial charge in [-0.2, -0.15) is 0 Å². The van der Waals surface area contributed by atoms with Crippen molar-refractivity contribution < 1.29 is 9.90 Å². The normalized spacial score (nSPS) is 22.0. The molecule has 1 aliphatic heterocycles. The second kappa shape index (κ2) is 6.36. The number of amides is 1. The minimum atomic E-state index is -0.00241. The minimum Gasteiger partial charge on any atom is -0.396 e. The van der Waals surface area contributed by atoms with Crippen molar-refractivity contribution in [3.8, 4) is 0 Å². The molecule has 1 fully saturated rings. The van der Waals surface area contributed by atoms with Gasteiger partial charge in [-0.15, -0.1) is 0 Å². The lowest BCUT2D eigenvalue weighted by molar-refractivity contribution is -0.137. The molecular formula is C13H26N2O2. The maximum absolute atomic E-state index is 12.1. The highest BCUT2D eigenvalue weighted by Gasteiger charge is 2.31. The third kappa shape index (κ3) is 4.28. The van der Waals surface area contributed by atoms with Crippen molar-refractivity contribution in [2.45, 2.75) is 45.6 Å². The lowest BCUT2D eigenvalue weighted by atomic mass is 9.86.